The van der Waals surface area contributed by atoms with Gasteiger partial charge in [0.1, 0.15) is 5.02 Å². The molecule has 2 N–H and O–H groups in total. The van der Waals surface area contributed by atoms with Crippen LogP contribution in [0.4, 0.5) is 11.5 Å². The number of hydrogen-bond acceptors (Lipinski definition) is 3. The maximum Gasteiger partial charge on any atom is 0.271 e. The fraction of sp³-hybridized carbons (Fsp3) is 0.286. The molecule has 100 valence electrons. The van der Waals surface area contributed by atoms with Gasteiger partial charge in [-0.2, -0.15) is 0 Å². The fourth-order valence-corrected chi connectivity index (χ4v) is 1.81. The molecule has 0 amide bonds. The lowest BCUT2D eigenvalue weighted by Gasteiger charge is -2.19. The average molecular weight is 278 g/mol. The minimum atomic E-state index is -0.356. The summed E-state index contributed by atoms with van der Waals surface area (Å²) in [6, 6.07) is 7.98. The second-order valence-electron chi connectivity index (χ2n) is 5.35. The zero-order chi connectivity index (χ0) is 14.0. The predicted molar refractivity (Wildman–Crippen MR) is 78.3 cm³/mol. The van der Waals surface area contributed by atoms with Crippen LogP contribution in [0.3, 0.4) is 0 Å². The maximum absolute atomic E-state index is 11.3. The number of hydrogen-bond donors (Lipinski definition) is 2. The molecule has 0 aliphatic carbocycles. The van der Waals surface area contributed by atoms with Crippen molar-refractivity contribution in [1.82, 2.24) is 9.97 Å². The van der Waals surface area contributed by atoms with E-state index in [1.54, 1.807) is 0 Å². The molecule has 0 aliphatic rings. The highest BCUT2D eigenvalue weighted by Gasteiger charge is 2.13. The molecule has 0 spiro atoms. The topological polar surface area (TPSA) is 57.8 Å². The summed E-state index contributed by atoms with van der Waals surface area (Å²) in [5.41, 5.74) is 1.83. The van der Waals surface area contributed by atoms with Gasteiger partial charge in [-0.25, -0.2) is 4.98 Å². The summed E-state index contributed by atoms with van der Waals surface area (Å²) < 4.78 is 0. The zero-order valence-corrected chi connectivity index (χ0v) is 11.9. The smallest absolute Gasteiger partial charge is 0.271 e. The molecule has 2 aromatic rings. The first-order valence-electron chi connectivity index (χ1n) is 5.98. The molecular weight excluding hydrogens is 262 g/mol. The van der Waals surface area contributed by atoms with Crippen molar-refractivity contribution in [2.24, 2.45) is 0 Å². The van der Waals surface area contributed by atoms with E-state index in [1.165, 1.54) is 11.9 Å². The molecule has 0 saturated heterocycles. The summed E-state index contributed by atoms with van der Waals surface area (Å²) in [6.45, 7) is 6.47. The molecule has 0 radical (unpaired) electrons. The third-order valence-corrected chi connectivity index (χ3v) is 3.16. The van der Waals surface area contributed by atoms with E-state index in [4.69, 9.17) is 11.6 Å². The van der Waals surface area contributed by atoms with Gasteiger partial charge in [0.05, 0.1) is 6.33 Å². The molecule has 2 rings (SSSR count). The van der Waals surface area contributed by atoms with Gasteiger partial charge in [-0.1, -0.05) is 44.5 Å². The molecule has 0 unspecified atom stereocenters. The van der Waals surface area contributed by atoms with Gasteiger partial charge in [-0.3, -0.25) is 4.79 Å². The Hall–Kier alpha value is -1.81. The number of anilines is 2. The molecule has 0 saturated carbocycles. The summed E-state index contributed by atoms with van der Waals surface area (Å²) >= 11 is 5.88. The molecular formula is C14H16ClN3O. The third-order valence-electron chi connectivity index (χ3n) is 2.81. The lowest BCUT2D eigenvalue weighted by Crippen LogP contribution is -2.11. The van der Waals surface area contributed by atoms with Crippen LogP contribution < -0.4 is 10.9 Å². The van der Waals surface area contributed by atoms with Crippen LogP contribution in [-0.2, 0) is 5.41 Å². The zero-order valence-electron chi connectivity index (χ0n) is 11.1. The highest BCUT2D eigenvalue weighted by Crippen LogP contribution is 2.25. The molecule has 0 aliphatic heterocycles. The molecule has 19 heavy (non-hydrogen) atoms. The predicted octanol–water partition coefficient (Wildman–Crippen LogP) is 3.46. The van der Waals surface area contributed by atoms with Crippen LogP contribution in [0, 0.1) is 0 Å². The molecule has 1 aromatic carbocycles. The fourth-order valence-electron chi connectivity index (χ4n) is 1.66. The van der Waals surface area contributed by atoms with E-state index in [9.17, 15) is 4.79 Å². The number of nitrogens with one attached hydrogen (secondary N) is 2. The number of nitrogens with zero attached hydrogens (tertiary/aromatic N) is 1. The molecule has 0 bridgehead atoms. The van der Waals surface area contributed by atoms with Gasteiger partial charge in [-0.05, 0) is 23.1 Å². The minimum absolute atomic E-state index is 0.0578. The van der Waals surface area contributed by atoms with Crippen LogP contribution in [0.5, 0.6) is 0 Å². The molecule has 0 fully saturated rings. The van der Waals surface area contributed by atoms with Crippen molar-refractivity contribution >= 4 is 23.1 Å². The number of halogens is 1. The van der Waals surface area contributed by atoms with Crippen molar-refractivity contribution in [2.45, 2.75) is 26.2 Å². The van der Waals surface area contributed by atoms with Gasteiger partial charge in [0.25, 0.3) is 5.56 Å². The number of aromatic amines is 1. The average Bonchev–Trinajstić information content (AvgIpc) is 2.35. The third kappa shape index (κ3) is 3.15. The van der Waals surface area contributed by atoms with E-state index in [-0.39, 0.29) is 16.0 Å². The Bertz CT molecular complexity index is 626. The van der Waals surface area contributed by atoms with Gasteiger partial charge < -0.3 is 10.3 Å². The first-order valence-corrected chi connectivity index (χ1v) is 6.36. The standard InChI is InChI=1S/C14H16ClN3O/c1-14(2,3)9-4-6-10(7-5-9)18-12-11(15)13(19)17-8-16-12/h4-8H,1-3H3,(H2,16,17,18,19). The van der Waals surface area contributed by atoms with Crippen molar-refractivity contribution in [1.29, 1.82) is 0 Å². The summed E-state index contributed by atoms with van der Waals surface area (Å²) in [6.07, 6.45) is 1.32. The van der Waals surface area contributed by atoms with E-state index in [2.05, 4.69) is 36.1 Å². The normalized spacial score (nSPS) is 11.4. The van der Waals surface area contributed by atoms with Crippen LogP contribution in [0.25, 0.3) is 0 Å². The second-order valence-corrected chi connectivity index (χ2v) is 5.72. The number of rotatable bonds is 2. The summed E-state index contributed by atoms with van der Waals surface area (Å²) in [7, 11) is 0. The number of H-pyrrole nitrogens is 1. The highest BCUT2D eigenvalue weighted by atomic mass is 35.5. The van der Waals surface area contributed by atoms with Crippen molar-refractivity contribution in [2.75, 3.05) is 5.32 Å². The number of aromatic nitrogens is 2. The summed E-state index contributed by atoms with van der Waals surface area (Å²) in [5.74, 6) is 0.355. The molecule has 5 heteroatoms. The number of benzene rings is 1. The Balaban J connectivity index is 2.25. The Morgan fingerprint density at radius 1 is 1.21 bits per heavy atom. The summed E-state index contributed by atoms with van der Waals surface area (Å²) in [5, 5.41) is 3.09. The largest absolute Gasteiger partial charge is 0.339 e. The maximum atomic E-state index is 11.3. The van der Waals surface area contributed by atoms with Crippen LogP contribution in [0.1, 0.15) is 26.3 Å². The molecule has 1 aromatic heterocycles. The van der Waals surface area contributed by atoms with Crippen molar-refractivity contribution in [3.05, 3.63) is 51.5 Å². The first-order chi connectivity index (χ1) is 8.88. The van der Waals surface area contributed by atoms with E-state index in [1.807, 2.05) is 24.3 Å². The Morgan fingerprint density at radius 2 is 1.84 bits per heavy atom. The van der Waals surface area contributed by atoms with Gasteiger partial charge in [-0.15, -0.1) is 0 Å². The Morgan fingerprint density at radius 3 is 2.42 bits per heavy atom. The lowest BCUT2D eigenvalue weighted by molar-refractivity contribution is 0.590. The van der Waals surface area contributed by atoms with E-state index in [0.29, 0.717) is 5.82 Å². The molecule has 0 atom stereocenters. The van der Waals surface area contributed by atoms with Crippen molar-refractivity contribution < 1.29 is 0 Å². The van der Waals surface area contributed by atoms with E-state index >= 15 is 0 Å². The molecule has 1 heterocycles. The lowest BCUT2D eigenvalue weighted by atomic mass is 9.87. The van der Waals surface area contributed by atoms with Gasteiger partial charge in [0.2, 0.25) is 0 Å². The molecule has 4 nitrogen and oxygen atoms in total. The summed E-state index contributed by atoms with van der Waals surface area (Å²) in [4.78, 5) is 17.8. The van der Waals surface area contributed by atoms with Gasteiger partial charge in [0, 0.05) is 5.69 Å². The van der Waals surface area contributed by atoms with Crippen LogP contribution in [0.2, 0.25) is 5.02 Å². The quantitative estimate of drug-likeness (QED) is 0.884. The van der Waals surface area contributed by atoms with E-state index < -0.39 is 0 Å². The van der Waals surface area contributed by atoms with Crippen LogP contribution in [0.15, 0.2) is 35.4 Å². The Labute approximate surface area is 116 Å². The van der Waals surface area contributed by atoms with Gasteiger partial charge in [0.15, 0.2) is 5.82 Å². The minimum Gasteiger partial charge on any atom is -0.339 e. The van der Waals surface area contributed by atoms with E-state index in [0.717, 1.165) is 5.69 Å². The first kappa shape index (κ1) is 13.6. The highest BCUT2D eigenvalue weighted by molar-refractivity contribution is 6.32. The van der Waals surface area contributed by atoms with Crippen molar-refractivity contribution in [3.63, 3.8) is 0 Å². The Kier molecular flexibility index (Phi) is 3.62. The van der Waals surface area contributed by atoms with Crippen molar-refractivity contribution in [3.8, 4) is 0 Å². The van der Waals surface area contributed by atoms with Crippen LogP contribution in [-0.4, -0.2) is 9.97 Å². The SMILES string of the molecule is CC(C)(C)c1ccc(Nc2nc[nH]c(=O)c2Cl)cc1. The van der Waals surface area contributed by atoms with Gasteiger partial charge >= 0.3 is 0 Å². The van der Waals surface area contributed by atoms with Crippen LogP contribution >= 0.6 is 11.6 Å². The second kappa shape index (κ2) is 5.05. The monoisotopic (exact) mass is 277 g/mol.